The lowest BCUT2D eigenvalue weighted by atomic mass is 9.98. The predicted octanol–water partition coefficient (Wildman–Crippen LogP) is 1.34. The number of piperidine rings is 1. The molecule has 0 saturated carbocycles. The first kappa shape index (κ1) is 20.0. The number of guanidine groups is 1. The summed E-state index contributed by atoms with van der Waals surface area (Å²) in [6.07, 6.45) is 5.61. The molecule has 0 radical (unpaired) electrons. The number of sulfonamides is 1. The van der Waals surface area contributed by atoms with E-state index in [9.17, 15) is 8.42 Å². The van der Waals surface area contributed by atoms with E-state index in [1.54, 1.807) is 4.31 Å². The maximum atomic E-state index is 11.5. The number of rotatable bonds is 4. The fraction of sp³-hybridized carbons (Fsp3) is 0.929. The van der Waals surface area contributed by atoms with Gasteiger partial charge in [-0.25, -0.2) is 12.7 Å². The Hall–Kier alpha value is -0.0900. The average Bonchev–Trinajstić information content (AvgIpc) is 2.97. The zero-order valence-electron chi connectivity index (χ0n) is 13.6. The third kappa shape index (κ3) is 5.84. The van der Waals surface area contributed by atoms with Gasteiger partial charge < -0.3 is 10.2 Å². The van der Waals surface area contributed by atoms with Crippen molar-refractivity contribution < 1.29 is 8.42 Å². The second-order valence-electron chi connectivity index (χ2n) is 5.99. The third-order valence-electron chi connectivity index (χ3n) is 4.28. The maximum Gasteiger partial charge on any atom is 0.211 e. The monoisotopic (exact) mass is 444 g/mol. The van der Waals surface area contributed by atoms with E-state index < -0.39 is 10.0 Å². The Morgan fingerprint density at radius 3 is 2.27 bits per heavy atom. The standard InChI is InChI=1S/C14H28N4O2S.HI/c1-3-15-14(17-8-4-5-9-17)16-12-13-6-10-18(11-7-13)21(2,19)20;/h13H,3-12H2,1-2H3,(H,15,16);1H. The molecular formula is C14H29IN4O2S. The summed E-state index contributed by atoms with van der Waals surface area (Å²) >= 11 is 0. The fourth-order valence-electron chi connectivity index (χ4n) is 2.99. The van der Waals surface area contributed by atoms with Gasteiger partial charge in [-0.15, -0.1) is 24.0 Å². The average molecular weight is 444 g/mol. The molecule has 0 aromatic carbocycles. The SMILES string of the molecule is CCNC(=NCC1CCN(S(C)(=O)=O)CC1)N1CCCC1.I. The summed E-state index contributed by atoms with van der Waals surface area (Å²) in [5.41, 5.74) is 0. The lowest BCUT2D eigenvalue weighted by molar-refractivity contribution is 0.279. The Kier molecular flexibility index (Phi) is 8.40. The molecule has 0 atom stereocenters. The van der Waals surface area contributed by atoms with Gasteiger partial charge in [-0.3, -0.25) is 4.99 Å². The minimum Gasteiger partial charge on any atom is -0.357 e. The zero-order chi connectivity index (χ0) is 15.3. The summed E-state index contributed by atoms with van der Waals surface area (Å²) in [5.74, 6) is 1.53. The molecule has 2 rings (SSSR count). The molecule has 0 aliphatic carbocycles. The number of halogens is 1. The van der Waals surface area contributed by atoms with E-state index in [-0.39, 0.29) is 24.0 Å². The van der Waals surface area contributed by atoms with Crippen molar-refractivity contribution in [3.05, 3.63) is 0 Å². The van der Waals surface area contributed by atoms with Gasteiger partial charge in [0.25, 0.3) is 0 Å². The molecule has 2 fully saturated rings. The molecule has 2 aliphatic heterocycles. The van der Waals surface area contributed by atoms with Crippen LogP contribution in [0.1, 0.15) is 32.6 Å². The van der Waals surface area contributed by atoms with Crippen LogP contribution in [-0.4, -0.2) is 69.1 Å². The highest BCUT2D eigenvalue weighted by Crippen LogP contribution is 2.19. The van der Waals surface area contributed by atoms with Gasteiger partial charge in [-0.1, -0.05) is 0 Å². The van der Waals surface area contributed by atoms with Crippen molar-refractivity contribution in [3.63, 3.8) is 0 Å². The van der Waals surface area contributed by atoms with Crippen LogP contribution >= 0.6 is 24.0 Å². The van der Waals surface area contributed by atoms with Crippen LogP contribution in [0.15, 0.2) is 4.99 Å². The van der Waals surface area contributed by atoms with Gasteiger partial charge in [0.15, 0.2) is 5.96 Å². The normalized spacial score (nSPS) is 21.7. The van der Waals surface area contributed by atoms with Crippen LogP contribution in [0.4, 0.5) is 0 Å². The molecule has 1 N–H and O–H groups in total. The molecule has 8 heteroatoms. The number of aliphatic imine (C=N–C) groups is 1. The van der Waals surface area contributed by atoms with Crippen LogP contribution < -0.4 is 5.32 Å². The largest absolute Gasteiger partial charge is 0.357 e. The van der Waals surface area contributed by atoms with Gasteiger partial charge in [0.1, 0.15) is 0 Å². The quantitative estimate of drug-likeness (QED) is 0.404. The molecule has 0 bridgehead atoms. The molecule has 0 spiro atoms. The highest BCUT2D eigenvalue weighted by Gasteiger charge is 2.25. The van der Waals surface area contributed by atoms with Gasteiger partial charge in [0.05, 0.1) is 6.26 Å². The van der Waals surface area contributed by atoms with Crippen LogP contribution in [-0.2, 0) is 10.0 Å². The summed E-state index contributed by atoms with van der Waals surface area (Å²) in [6, 6.07) is 0. The summed E-state index contributed by atoms with van der Waals surface area (Å²) < 4.78 is 24.6. The number of nitrogens with one attached hydrogen (secondary N) is 1. The molecule has 0 unspecified atom stereocenters. The smallest absolute Gasteiger partial charge is 0.211 e. The van der Waals surface area contributed by atoms with Crippen LogP contribution in [0, 0.1) is 5.92 Å². The van der Waals surface area contributed by atoms with Crippen LogP contribution in [0.2, 0.25) is 0 Å². The molecule has 0 aromatic heterocycles. The molecule has 130 valence electrons. The molecule has 6 nitrogen and oxygen atoms in total. The topological polar surface area (TPSA) is 65.0 Å². The Bertz CT molecular complexity index is 455. The zero-order valence-corrected chi connectivity index (χ0v) is 16.8. The van der Waals surface area contributed by atoms with E-state index >= 15 is 0 Å². The van der Waals surface area contributed by atoms with E-state index in [0.29, 0.717) is 19.0 Å². The second kappa shape index (κ2) is 9.27. The van der Waals surface area contributed by atoms with Gasteiger partial charge in [-0.05, 0) is 38.5 Å². The van der Waals surface area contributed by atoms with Crippen molar-refractivity contribution >= 4 is 40.0 Å². The van der Waals surface area contributed by atoms with E-state index in [4.69, 9.17) is 4.99 Å². The van der Waals surface area contributed by atoms with Gasteiger partial charge >= 0.3 is 0 Å². The minimum atomic E-state index is -3.03. The molecule has 2 heterocycles. The Morgan fingerprint density at radius 1 is 1.18 bits per heavy atom. The van der Waals surface area contributed by atoms with Crippen LogP contribution in [0.25, 0.3) is 0 Å². The van der Waals surface area contributed by atoms with E-state index in [1.807, 2.05) is 0 Å². The van der Waals surface area contributed by atoms with Gasteiger partial charge in [0.2, 0.25) is 10.0 Å². The summed E-state index contributed by atoms with van der Waals surface area (Å²) in [6.45, 7) is 7.25. The predicted molar refractivity (Wildman–Crippen MR) is 101 cm³/mol. The lowest BCUT2D eigenvalue weighted by Crippen LogP contribution is -2.41. The lowest BCUT2D eigenvalue weighted by Gasteiger charge is -2.29. The number of nitrogens with zero attached hydrogens (tertiary/aromatic N) is 3. The Morgan fingerprint density at radius 2 is 1.77 bits per heavy atom. The Balaban J connectivity index is 0.00000242. The fourth-order valence-corrected chi connectivity index (χ4v) is 3.87. The number of hydrogen-bond donors (Lipinski definition) is 1. The van der Waals surface area contributed by atoms with Crippen molar-refractivity contribution in [2.75, 3.05) is 45.5 Å². The summed E-state index contributed by atoms with van der Waals surface area (Å²) in [7, 11) is -3.03. The molecule has 2 saturated heterocycles. The second-order valence-corrected chi connectivity index (χ2v) is 7.98. The summed E-state index contributed by atoms with van der Waals surface area (Å²) in [5, 5.41) is 3.37. The van der Waals surface area contributed by atoms with Crippen molar-refractivity contribution in [2.45, 2.75) is 32.6 Å². The first-order chi connectivity index (χ1) is 10.0. The minimum absolute atomic E-state index is 0. The highest BCUT2D eigenvalue weighted by atomic mass is 127. The third-order valence-corrected chi connectivity index (χ3v) is 5.59. The maximum absolute atomic E-state index is 11.5. The highest BCUT2D eigenvalue weighted by molar-refractivity contribution is 14.0. The number of hydrogen-bond acceptors (Lipinski definition) is 3. The van der Waals surface area contributed by atoms with E-state index in [0.717, 1.165) is 45.0 Å². The molecule has 2 aliphatic rings. The summed E-state index contributed by atoms with van der Waals surface area (Å²) in [4.78, 5) is 7.10. The molecule has 0 aromatic rings. The molecule has 22 heavy (non-hydrogen) atoms. The first-order valence-corrected chi connectivity index (χ1v) is 9.84. The first-order valence-electron chi connectivity index (χ1n) is 7.99. The van der Waals surface area contributed by atoms with E-state index in [2.05, 4.69) is 17.1 Å². The van der Waals surface area contributed by atoms with Gasteiger partial charge in [0, 0.05) is 39.3 Å². The Labute approximate surface area is 151 Å². The molecular weight excluding hydrogens is 415 g/mol. The van der Waals surface area contributed by atoms with E-state index in [1.165, 1.54) is 19.1 Å². The molecule has 0 amide bonds. The van der Waals surface area contributed by atoms with Crippen molar-refractivity contribution in [1.29, 1.82) is 0 Å². The van der Waals surface area contributed by atoms with Crippen LogP contribution in [0.5, 0.6) is 0 Å². The van der Waals surface area contributed by atoms with Crippen LogP contribution in [0.3, 0.4) is 0 Å². The number of likely N-dealkylation sites (tertiary alicyclic amines) is 1. The van der Waals surface area contributed by atoms with Crippen molar-refractivity contribution in [3.8, 4) is 0 Å². The van der Waals surface area contributed by atoms with Gasteiger partial charge in [-0.2, -0.15) is 0 Å². The van der Waals surface area contributed by atoms with Crippen molar-refractivity contribution in [1.82, 2.24) is 14.5 Å². The van der Waals surface area contributed by atoms with Crippen molar-refractivity contribution in [2.24, 2.45) is 10.9 Å².